The molecule has 1 aliphatic carbocycles. The number of aromatic amines is 1. The van der Waals surface area contributed by atoms with E-state index in [0.717, 1.165) is 49.2 Å². The maximum Gasteiger partial charge on any atom is 0.333 e. The van der Waals surface area contributed by atoms with E-state index in [0.29, 0.717) is 17.9 Å². The Balaban J connectivity index is 1.56. The van der Waals surface area contributed by atoms with Crippen molar-refractivity contribution in [2.45, 2.75) is 31.7 Å². The molecular weight excluding hydrogens is 340 g/mol. The van der Waals surface area contributed by atoms with Gasteiger partial charge in [0.15, 0.2) is 0 Å². The van der Waals surface area contributed by atoms with E-state index in [-0.39, 0.29) is 5.97 Å². The summed E-state index contributed by atoms with van der Waals surface area (Å²) in [4.78, 5) is 18.6. The molecule has 27 heavy (non-hydrogen) atoms. The van der Waals surface area contributed by atoms with Crippen molar-refractivity contribution in [3.05, 3.63) is 41.1 Å². The third-order valence-corrected chi connectivity index (χ3v) is 6.80. The number of carbonyl (C=O) groups is 1. The first-order chi connectivity index (χ1) is 13.2. The maximum absolute atomic E-state index is 12.3. The first-order valence-electron chi connectivity index (χ1n) is 9.91. The third kappa shape index (κ3) is 2.52. The van der Waals surface area contributed by atoms with Crippen LogP contribution in [-0.2, 0) is 16.0 Å². The van der Waals surface area contributed by atoms with Crippen LogP contribution in [0.3, 0.4) is 0 Å². The maximum atomic E-state index is 12.3. The number of aromatic nitrogens is 1. The summed E-state index contributed by atoms with van der Waals surface area (Å²) in [5.41, 5.74) is 4.75. The Morgan fingerprint density at radius 1 is 1.30 bits per heavy atom. The summed E-state index contributed by atoms with van der Waals surface area (Å²) in [6.07, 6.45) is 6.29. The summed E-state index contributed by atoms with van der Waals surface area (Å²) in [5.74, 6) is 1.65. The predicted octanol–water partition coefficient (Wildman–Crippen LogP) is 3.61. The summed E-state index contributed by atoms with van der Waals surface area (Å²) in [6, 6.07) is 6.54. The van der Waals surface area contributed by atoms with E-state index in [1.54, 1.807) is 7.11 Å². The van der Waals surface area contributed by atoms with Crippen molar-refractivity contribution in [2.24, 2.45) is 11.8 Å². The second-order valence-corrected chi connectivity index (χ2v) is 7.99. The molecule has 1 N–H and O–H groups in total. The summed E-state index contributed by atoms with van der Waals surface area (Å²) in [5, 5.41) is 1.23. The van der Waals surface area contributed by atoms with Crippen LogP contribution in [0.5, 0.6) is 5.75 Å². The van der Waals surface area contributed by atoms with E-state index in [1.165, 1.54) is 30.2 Å². The highest BCUT2D eigenvalue weighted by Gasteiger charge is 2.43. The highest BCUT2D eigenvalue weighted by atomic mass is 16.5. The van der Waals surface area contributed by atoms with Gasteiger partial charge >= 0.3 is 5.97 Å². The zero-order valence-corrected chi connectivity index (χ0v) is 16.0. The first kappa shape index (κ1) is 16.9. The number of fused-ring (bicyclic) bond motifs is 6. The molecule has 3 atom stereocenters. The van der Waals surface area contributed by atoms with Crippen molar-refractivity contribution in [2.75, 3.05) is 27.3 Å². The molecule has 0 unspecified atom stereocenters. The predicted molar refractivity (Wildman–Crippen MR) is 104 cm³/mol. The molecular formula is C22H26N2O3. The normalized spacial score (nSPS) is 27.3. The zero-order chi connectivity index (χ0) is 18.5. The van der Waals surface area contributed by atoms with E-state index in [2.05, 4.69) is 22.0 Å². The van der Waals surface area contributed by atoms with Gasteiger partial charge in [-0.3, -0.25) is 4.90 Å². The van der Waals surface area contributed by atoms with Gasteiger partial charge in [-0.05, 0) is 55.2 Å². The van der Waals surface area contributed by atoms with Gasteiger partial charge in [0.25, 0.3) is 0 Å². The largest absolute Gasteiger partial charge is 0.496 e. The number of ether oxygens (including phenoxy) is 2. The standard InChI is InChI=1S/C22H26N2O3/c1-26-19-8-4-7-17-20(19)15-9-10-24-12-13-5-3-6-14(22(25)27-2)16(13)11-18(24)21(15)23-17/h4,6-8,13,16,18,23H,3,5,9-12H2,1-2H3/t13-,16+,18-/m1/s1. The number of hydrogen-bond acceptors (Lipinski definition) is 4. The minimum absolute atomic E-state index is 0.146. The van der Waals surface area contributed by atoms with Crippen molar-refractivity contribution in [3.8, 4) is 5.75 Å². The number of carbonyl (C=O) groups excluding carboxylic acids is 1. The molecule has 5 heteroatoms. The smallest absolute Gasteiger partial charge is 0.333 e. The number of esters is 1. The van der Waals surface area contributed by atoms with Crippen molar-refractivity contribution in [1.82, 2.24) is 9.88 Å². The lowest BCUT2D eigenvalue weighted by atomic mass is 9.70. The van der Waals surface area contributed by atoms with E-state index in [1.807, 2.05) is 12.1 Å². The molecule has 1 aromatic heterocycles. The van der Waals surface area contributed by atoms with Crippen molar-refractivity contribution >= 4 is 16.9 Å². The molecule has 5 rings (SSSR count). The Kier molecular flexibility index (Phi) is 4.01. The SMILES string of the molecule is COC(=O)C1=CCC[C@@H]2CN3CCc4c([nH]c5cccc(OC)c45)[C@H]3C[C@H]12. The van der Waals surface area contributed by atoms with Crippen LogP contribution in [0.2, 0.25) is 0 Å². The number of hydrogen-bond donors (Lipinski definition) is 1. The summed E-state index contributed by atoms with van der Waals surface area (Å²) in [7, 11) is 3.23. The van der Waals surface area contributed by atoms with Gasteiger partial charge in [-0.1, -0.05) is 12.1 Å². The number of nitrogens with one attached hydrogen (secondary N) is 1. The molecule has 0 saturated carbocycles. The van der Waals surface area contributed by atoms with Crippen molar-refractivity contribution in [3.63, 3.8) is 0 Å². The molecule has 0 spiro atoms. The summed E-state index contributed by atoms with van der Waals surface area (Å²) >= 11 is 0. The van der Waals surface area contributed by atoms with Crippen molar-refractivity contribution < 1.29 is 14.3 Å². The van der Waals surface area contributed by atoms with Crippen LogP contribution in [0.4, 0.5) is 0 Å². The van der Waals surface area contributed by atoms with Crippen molar-refractivity contribution in [1.29, 1.82) is 0 Å². The number of methoxy groups -OCH3 is 2. The molecule has 1 saturated heterocycles. The van der Waals surface area contributed by atoms with Gasteiger partial charge in [0.1, 0.15) is 5.75 Å². The molecule has 1 aromatic carbocycles. The number of rotatable bonds is 2. The minimum Gasteiger partial charge on any atom is -0.496 e. The van der Waals surface area contributed by atoms with Gasteiger partial charge in [-0.15, -0.1) is 0 Å². The Labute approximate surface area is 159 Å². The molecule has 2 aromatic rings. The van der Waals surface area contributed by atoms with Gasteiger partial charge < -0.3 is 14.5 Å². The quantitative estimate of drug-likeness (QED) is 0.825. The first-order valence-corrected chi connectivity index (χ1v) is 9.91. The lowest BCUT2D eigenvalue weighted by molar-refractivity contribution is -0.137. The number of benzene rings is 1. The average molecular weight is 366 g/mol. The van der Waals surface area contributed by atoms with Crippen LogP contribution < -0.4 is 4.74 Å². The van der Waals surface area contributed by atoms with Crippen LogP contribution in [-0.4, -0.2) is 43.2 Å². The number of piperidine rings is 1. The Bertz CT molecular complexity index is 929. The fourth-order valence-electron chi connectivity index (χ4n) is 5.59. The van der Waals surface area contributed by atoms with Crippen LogP contribution >= 0.6 is 0 Å². The highest BCUT2D eigenvalue weighted by molar-refractivity contribution is 5.91. The molecule has 1 fully saturated rings. The zero-order valence-electron chi connectivity index (χ0n) is 16.0. The molecule has 0 amide bonds. The highest BCUT2D eigenvalue weighted by Crippen LogP contribution is 2.48. The molecule has 0 radical (unpaired) electrons. The van der Waals surface area contributed by atoms with Crippen LogP contribution in [0, 0.1) is 11.8 Å². The average Bonchev–Trinajstić information content (AvgIpc) is 3.10. The minimum atomic E-state index is -0.146. The van der Waals surface area contributed by atoms with Gasteiger partial charge in [-0.25, -0.2) is 4.79 Å². The third-order valence-electron chi connectivity index (χ3n) is 6.80. The Morgan fingerprint density at radius 2 is 2.19 bits per heavy atom. The van der Waals surface area contributed by atoms with Gasteiger partial charge in [0.05, 0.1) is 20.3 Å². The summed E-state index contributed by atoms with van der Waals surface area (Å²) < 4.78 is 10.7. The molecule has 142 valence electrons. The van der Waals surface area contributed by atoms with Gasteiger partial charge in [0, 0.05) is 35.3 Å². The van der Waals surface area contributed by atoms with E-state index in [9.17, 15) is 4.79 Å². The topological polar surface area (TPSA) is 54.6 Å². The van der Waals surface area contributed by atoms with Crippen LogP contribution in [0.1, 0.15) is 36.6 Å². The second-order valence-electron chi connectivity index (χ2n) is 7.99. The monoisotopic (exact) mass is 366 g/mol. The Morgan fingerprint density at radius 3 is 3.00 bits per heavy atom. The fraction of sp³-hybridized carbons (Fsp3) is 0.500. The van der Waals surface area contributed by atoms with E-state index >= 15 is 0 Å². The molecule has 0 bridgehead atoms. The summed E-state index contributed by atoms with van der Waals surface area (Å²) in [6.45, 7) is 2.14. The Hall–Kier alpha value is -2.27. The molecule has 3 aliphatic rings. The van der Waals surface area contributed by atoms with Crippen LogP contribution in [0.25, 0.3) is 10.9 Å². The number of H-pyrrole nitrogens is 1. The van der Waals surface area contributed by atoms with E-state index in [4.69, 9.17) is 9.47 Å². The van der Waals surface area contributed by atoms with Crippen LogP contribution in [0.15, 0.2) is 29.8 Å². The molecule has 2 aliphatic heterocycles. The molecule has 3 heterocycles. The van der Waals surface area contributed by atoms with Gasteiger partial charge in [0.2, 0.25) is 0 Å². The number of nitrogens with zero attached hydrogens (tertiary/aromatic N) is 1. The van der Waals surface area contributed by atoms with Gasteiger partial charge in [-0.2, -0.15) is 0 Å². The fourth-order valence-corrected chi connectivity index (χ4v) is 5.59. The molecule has 5 nitrogen and oxygen atoms in total. The lowest BCUT2D eigenvalue weighted by Crippen LogP contribution is -2.47. The lowest BCUT2D eigenvalue weighted by Gasteiger charge is -2.47. The number of allylic oxidation sites excluding steroid dienone is 1. The van der Waals surface area contributed by atoms with E-state index < -0.39 is 0 Å². The second kappa shape index (κ2) is 6.41.